The number of nitrogens with zero attached hydrogens (tertiary/aromatic N) is 2. The van der Waals surface area contributed by atoms with E-state index in [1.807, 2.05) is 0 Å². The van der Waals surface area contributed by atoms with Crippen LogP contribution in [-0.2, 0) is 9.84 Å². The largest absolute Gasteiger partial charge is 0.381 e. The Morgan fingerprint density at radius 1 is 1.53 bits per heavy atom. The van der Waals surface area contributed by atoms with Crippen LogP contribution in [0.1, 0.15) is 31.7 Å². The fourth-order valence-corrected chi connectivity index (χ4v) is 3.62. The van der Waals surface area contributed by atoms with Crippen molar-refractivity contribution in [3.8, 4) is 0 Å². The Balaban J connectivity index is 2.18. The lowest BCUT2D eigenvalue weighted by Crippen LogP contribution is -2.29. The van der Waals surface area contributed by atoms with Crippen LogP contribution >= 0.6 is 11.6 Å². The molecule has 96 valence electrons. The van der Waals surface area contributed by atoms with Crippen molar-refractivity contribution in [1.29, 1.82) is 0 Å². The van der Waals surface area contributed by atoms with Gasteiger partial charge < -0.3 is 5.73 Å². The lowest BCUT2D eigenvalue weighted by molar-refractivity contribution is 0.330. The maximum atomic E-state index is 11.6. The minimum absolute atomic E-state index is 0.0817. The molecule has 0 radical (unpaired) electrons. The third-order valence-electron chi connectivity index (χ3n) is 3.29. The Kier molecular flexibility index (Phi) is 3.36. The highest BCUT2D eigenvalue weighted by Crippen LogP contribution is 2.32. The van der Waals surface area contributed by atoms with Gasteiger partial charge in [-0.15, -0.1) is 0 Å². The fraction of sp³-hybridized carbons (Fsp3) is 0.700. The van der Waals surface area contributed by atoms with E-state index in [2.05, 4.69) is 5.10 Å². The van der Waals surface area contributed by atoms with E-state index in [0.29, 0.717) is 17.3 Å². The summed E-state index contributed by atoms with van der Waals surface area (Å²) in [4.78, 5) is 0. The molecule has 1 aliphatic carbocycles. The minimum atomic E-state index is -2.98. The second-order valence-electron chi connectivity index (χ2n) is 4.61. The van der Waals surface area contributed by atoms with Gasteiger partial charge in [0.2, 0.25) is 0 Å². The molecular formula is C10H16ClN3O2S. The van der Waals surface area contributed by atoms with E-state index in [1.54, 1.807) is 10.9 Å². The zero-order chi connectivity index (χ0) is 12.6. The maximum absolute atomic E-state index is 11.6. The number of halogens is 1. The van der Waals surface area contributed by atoms with E-state index in [0.717, 1.165) is 19.3 Å². The number of rotatable bonds is 2. The summed E-state index contributed by atoms with van der Waals surface area (Å²) in [6.07, 6.45) is 6.11. The van der Waals surface area contributed by atoms with Gasteiger partial charge in [-0.2, -0.15) is 5.10 Å². The fourth-order valence-electron chi connectivity index (χ4n) is 2.32. The van der Waals surface area contributed by atoms with E-state index in [-0.39, 0.29) is 11.3 Å². The number of hydrogen-bond donors (Lipinski definition) is 1. The van der Waals surface area contributed by atoms with Gasteiger partial charge in [0.1, 0.15) is 14.9 Å². The number of aromatic nitrogens is 2. The number of hydrogen-bond acceptors (Lipinski definition) is 4. The van der Waals surface area contributed by atoms with Crippen molar-refractivity contribution < 1.29 is 8.42 Å². The number of anilines is 1. The average Bonchev–Trinajstić information content (AvgIpc) is 2.58. The molecular weight excluding hydrogens is 262 g/mol. The van der Waals surface area contributed by atoms with Gasteiger partial charge in [0.15, 0.2) is 5.82 Å². The average molecular weight is 278 g/mol. The summed E-state index contributed by atoms with van der Waals surface area (Å²) in [5.74, 6) is 0.299. The molecule has 0 spiro atoms. The Morgan fingerprint density at radius 2 is 2.24 bits per heavy atom. The molecule has 0 aliphatic heterocycles. The van der Waals surface area contributed by atoms with Crippen LogP contribution in [0.4, 0.5) is 5.82 Å². The maximum Gasteiger partial charge on any atom is 0.164 e. The van der Waals surface area contributed by atoms with Gasteiger partial charge in [-0.1, -0.05) is 18.0 Å². The molecule has 2 N–H and O–H groups in total. The van der Waals surface area contributed by atoms with Crippen LogP contribution in [-0.4, -0.2) is 29.7 Å². The summed E-state index contributed by atoms with van der Waals surface area (Å²) < 4.78 is 24.8. The van der Waals surface area contributed by atoms with Crippen molar-refractivity contribution in [2.75, 3.05) is 12.0 Å². The van der Waals surface area contributed by atoms with E-state index < -0.39 is 9.84 Å². The molecule has 2 atom stereocenters. The van der Waals surface area contributed by atoms with Gasteiger partial charge in [-0.25, -0.2) is 8.42 Å². The van der Waals surface area contributed by atoms with E-state index in [1.165, 1.54) is 6.26 Å². The van der Waals surface area contributed by atoms with Gasteiger partial charge in [-0.3, -0.25) is 4.68 Å². The highest BCUT2D eigenvalue weighted by Gasteiger charge is 2.30. The lowest BCUT2D eigenvalue weighted by Gasteiger charge is -2.28. The third kappa shape index (κ3) is 2.74. The van der Waals surface area contributed by atoms with Crippen LogP contribution in [0.15, 0.2) is 6.20 Å². The molecule has 0 bridgehead atoms. The quantitative estimate of drug-likeness (QED) is 0.891. The Labute approximate surface area is 106 Å². The first-order valence-corrected chi connectivity index (χ1v) is 7.90. The lowest BCUT2D eigenvalue weighted by atomic mass is 9.95. The molecule has 1 aromatic rings. The molecule has 0 saturated heterocycles. The van der Waals surface area contributed by atoms with E-state index >= 15 is 0 Å². The molecule has 7 heteroatoms. The first-order chi connectivity index (χ1) is 7.88. The molecule has 17 heavy (non-hydrogen) atoms. The van der Waals surface area contributed by atoms with Crippen LogP contribution in [0.25, 0.3) is 0 Å². The van der Waals surface area contributed by atoms with Crippen molar-refractivity contribution in [3.05, 3.63) is 11.2 Å². The van der Waals surface area contributed by atoms with E-state index in [9.17, 15) is 8.42 Å². The summed E-state index contributed by atoms with van der Waals surface area (Å²) in [7, 11) is -2.98. The van der Waals surface area contributed by atoms with Crippen molar-refractivity contribution in [3.63, 3.8) is 0 Å². The number of nitrogen functional groups attached to an aromatic ring is 1. The molecule has 2 rings (SSSR count). The summed E-state index contributed by atoms with van der Waals surface area (Å²) in [6.45, 7) is 0. The molecule has 0 aromatic carbocycles. The van der Waals surface area contributed by atoms with Crippen molar-refractivity contribution >= 4 is 27.3 Å². The number of sulfone groups is 1. The molecule has 1 aromatic heterocycles. The van der Waals surface area contributed by atoms with Gasteiger partial charge in [0.05, 0.1) is 11.3 Å². The zero-order valence-corrected chi connectivity index (χ0v) is 11.2. The first-order valence-electron chi connectivity index (χ1n) is 5.57. The normalized spacial score (nSPS) is 26.0. The number of nitrogens with two attached hydrogens (primary N) is 1. The summed E-state index contributed by atoms with van der Waals surface area (Å²) in [5, 5.41) is 4.27. The SMILES string of the molecule is CS(=O)(=O)C1CCCC(n2cc(Cl)c(N)n2)C1. The van der Waals surface area contributed by atoms with Crippen LogP contribution < -0.4 is 5.73 Å². The highest BCUT2D eigenvalue weighted by molar-refractivity contribution is 7.91. The summed E-state index contributed by atoms with van der Waals surface area (Å²) in [6, 6.07) is 0.0817. The Hall–Kier alpha value is -0.750. The second kappa shape index (κ2) is 4.49. The molecule has 0 amide bonds. The molecule has 1 aliphatic rings. The molecule has 1 saturated carbocycles. The predicted octanol–water partition coefficient (Wildman–Crippen LogP) is 1.65. The van der Waals surface area contributed by atoms with Crippen LogP contribution in [0, 0.1) is 0 Å². The molecule has 5 nitrogen and oxygen atoms in total. The minimum Gasteiger partial charge on any atom is -0.381 e. The summed E-state index contributed by atoms with van der Waals surface area (Å²) in [5.41, 5.74) is 5.59. The Morgan fingerprint density at radius 3 is 2.76 bits per heavy atom. The second-order valence-corrected chi connectivity index (χ2v) is 7.35. The standard InChI is InChI=1S/C10H16ClN3O2S/c1-17(15,16)8-4-2-3-7(5-8)14-6-9(11)10(12)13-14/h6-8H,2-5H2,1H3,(H2,12,13). The van der Waals surface area contributed by atoms with Crippen molar-refractivity contribution in [2.24, 2.45) is 0 Å². The Bertz CT molecular complexity index is 492. The summed E-state index contributed by atoms with van der Waals surface area (Å²) >= 11 is 5.85. The first kappa shape index (κ1) is 12.7. The molecule has 1 heterocycles. The highest BCUT2D eigenvalue weighted by atomic mass is 35.5. The van der Waals surface area contributed by atoms with Gasteiger partial charge in [0, 0.05) is 12.5 Å². The molecule has 1 fully saturated rings. The third-order valence-corrected chi connectivity index (χ3v) is 5.22. The molecule has 2 unspecified atom stereocenters. The van der Waals surface area contributed by atoms with Crippen LogP contribution in [0.3, 0.4) is 0 Å². The van der Waals surface area contributed by atoms with E-state index in [4.69, 9.17) is 17.3 Å². The van der Waals surface area contributed by atoms with Gasteiger partial charge >= 0.3 is 0 Å². The predicted molar refractivity (Wildman–Crippen MR) is 67.8 cm³/mol. The van der Waals surface area contributed by atoms with Crippen molar-refractivity contribution in [2.45, 2.75) is 37.0 Å². The van der Waals surface area contributed by atoms with Crippen LogP contribution in [0.5, 0.6) is 0 Å². The monoisotopic (exact) mass is 277 g/mol. The topological polar surface area (TPSA) is 78.0 Å². The van der Waals surface area contributed by atoms with Crippen molar-refractivity contribution in [1.82, 2.24) is 9.78 Å². The zero-order valence-electron chi connectivity index (χ0n) is 9.63. The smallest absolute Gasteiger partial charge is 0.164 e. The van der Waals surface area contributed by atoms with Gasteiger partial charge in [-0.05, 0) is 19.3 Å². The van der Waals surface area contributed by atoms with Gasteiger partial charge in [0.25, 0.3) is 0 Å². The van der Waals surface area contributed by atoms with Crippen LogP contribution in [0.2, 0.25) is 5.02 Å².